The fourth-order valence-corrected chi connectivity index (χ4v) is 5.38. The number of para-hydroxylation sites is 1. The van der Waals surface area contributed by atoms with E-state index in [1.165, 1.54) is 4.90 Å². The van der Waals surface area contributed by atoms with Gasteiger partial charge in [-0.25, -0.2) is 9.96 Å². The summed E-state index contributed by atoms with van der Waals surface area (Å²) in [5, 5.41) is 2.25. The third kappa shape index (κ3) is 3.20. The maximum Gasteiger partial charge on any atom is 0.267 e. The molecule has 0 radical (unpaired) electrons. The zero-order valence-corrected chi connectivity index (χ0v) is 19.4. The number of imide groups is 1. The van der Waals surface area contributed by atoms with E-state index in [2.05, 4.69) is 0 Å². The van der Waals surface area contributed by atoms with Gasteiger partial charge in [-0.3, -0.25) is 14.4 Å². The largest absolute Gasteiger partial charge is 0.273 e. The van der Waals surface area contributed by atoms with E-state index in [4.69, 9.17) is 16.4 Å². The first-order chi connectivity index (χ1) is 17.1. The molecule has 2 saturated heterocycles. The summed E-state index contributed by atoms with van der Waals surface area (Å²) in [7, 11) is 0. The minimum Gasteiger partial charge on any atom is -0.273 e. The minimum absolute atomic E-state index is 0.326. The fraction of sp³-hybridized carbons (Fsp3) is 0.103. The molecule has 2 aliphatic rings. The second kappa shape index (κ2) is 8.38. The van der Waals surface area contributed by atoms with Crippen molar-refractivity contribution >= 4 is 34.8 Å². The van der Waals surface area contributed by atoms with Crippen LogP contribution in [0.4, 0.5) is 11.4 Å². The normalized spacial score (nSPS) is 23.6. The number of carbonyl (C=O) groups excluding carboxylic acids is 2. The summed E-state index contributed by atoms with van der Waals surface area (Å²) < 4.78 is 0. The zero-order chi connectivity index (χ0) is 24.0. The van der Waals surface area contributed by atoms with Gasteiger partial charge in [0.2, 0.25) is 5.91 Å². The van der Waals surface area contributed by atoms with Crippen LogP contribution in [0.2, 0.25) is 5.02 Å². The number of rotatable bonds is 4. The zero-order valence-electron chi connectivity index (χ0n) is 18.6. The molecule has 2 heterocycles. The lowest BCUT2D eigenvalue weighted by Gasteiger charge is -2.35. The van der Waals surface area contributed by atoms with Gasteiger partial charge >= 0.3 is 0 Å². The lowest BCUT2D eigenvalue weighted by Crippen LogP contribution is -2.46. The number of hydroxylamine groups is 1. The molecule has 0 aliphatic carbocycles. The summed E-state index contributed by atoms with van der Waals surface area (Å²) in [5.74, 6) is -0.728. The van der Waals surface area contributed by atoms with Crippen LogP contribution in [-0.2, 0) is 19.8 Å². The molecule has 2 aliphatic heterocycles. The first-order valence-corrected chi connectivity index (χ1v) is 11.8. The molecular formula is C29H21ClN2O3. The van der Waals surface area contributed by atoms with Gasteiger partial charge in [-0.05, 0) is 47.5 Å². The summed E-state index contributed by atoms with van der Waals surface area (Å²) in [6.07, 6.45) is -1.04. The number of carbonyl (C=O) groups is 2. The lowest BCUT2D eigenvalue weighted by atomic mass is 9.69. The van der Waals surface area contributed by atoms with Crippen LogP contribution in [0.5, 0.6) is 0 Å². The smallest absolute Gasteiger partial charge is 0.267 e. The number of halogens is 1. The summed E-state index contributed by atoms with van der Waals surface area (Å²) in [5.41, 5.74) is 1.55. The van der Waals surface area contributed by atoms with Crippen LogP contribution in [-0.4, -0.2) is 17.9 Å². The Balaban J connectivity index is 1.61. The molecule has 6 heteroatoms. The first-order valence-electron chi connectivity index (χ1n) is 11.4. The SMILES string of the molecule is O=C1[C@@H]2ON(c3ccccc3)[C@@H](c3ccccc3)[C@@]2(c2ccccc2)C(=O)N1c1ccc(Cl)cc1. The van der Waals surface area contributed by atoms with Gasteiger partial charge in [0.1, 0.15) is 11.5 Å². The van der Waals surface area contributed by atoms with E-state index in [0.29, 0.717) is 10.7 Å². The van der Waals surface area contributed by atoms with E-state index >= 15 is 0 Å². The number of benzene rings is 4. The minimum atomic E-state index is -1.30. The highest BCUT2D eigenvalue weighted by Crippen LogP contribution is 2.57. The third-order valence-corrected chi connectivity index (χ3v) is 7.01. The van der Waals surface area contributed by atoms with Crippen LogP contribution in [0, 0.1) is 0 Å². The average molecular weight is 481 g/mol. The van der Waals surface area contributed by atoms with E-state index in [1.807, 2.05) is 91.0 Å². The lowest BCUT2D eigenvalue weighted by molar-refractivity contribution is -0.126. The Hall–Kier alpha value is -3.93. The molecule has 0 N–H and O–H groups in total. The first kappa shape index (κ1) is 21.6. The van der Waals surface area contributed by atoms with Gasteiger partial charge < -0.3 is 0 Å². The molecule has 3 atom stereocenters. The summed E-state index contributed by atoms with van der Waals surface area (Å²) >= 11 is 6.08. The topological polar surface area (TPSA) is 49.9 Å². The Morgan fingerprint density at radius 1 is 0.686 bits per heavy atom. The highest BCUT2D eigenvalue weighted by Gasteiger charge is 2.72. The van der Waals surface area contributed by atoms with Crippen LogP contribution in [0.3, 0.4) is 0 Å². The third-order valence-electron chi connectivity index (χ3n) is 6.76. The van der Waals surface area contributed by atoms with Gasteiger partial charge in [0.25, 0.3) is 5.91 Å². The van der Waals surface area contributed by atoms with Gasteiger partial charge in [-0.2, -0.15) is 0 Å². The molecule has 0 aromatic heterocycles. The molecule has 0 spiro atoms. The summed E-state index contributed by atoms with van der Waals surface area (Å²) in [6.45, 7) is 0. The molecular weight excluding hydrogens is 460 g/mol. The van der Waals surface area contributed by atoms with Crippen molar-refractivity contribution < 1.29 is 14.4 Å². The van der Waals surface area contributed by atoms with Gasteiger partial charge in [-0.1, -0.05) is 90.5 Å². The molecule has 0 saturated carbocycles. The van der Waals surface area contributed by atoms with Gasteiger partial charge in [0.05, 0.1) is 11.4 Å². The van der Waals surface area contributed by atoms with Crippen LogP contribution < -0.4 is 9.96 Å². The molecule has 2 amide bonds. The van der Waals surface area contributed by atoms with E-state index < -0.39 is 23.5 Å². The second-order valence-electron chi connectivity index (χ2n) is 8.65. The Bertz CT molecular complexity index is 1380. The monoisotopic (exact) mass is 480 g/mol. The summed E-state index contributed by atoms with van der Waals surface area (Å²) in [4.78, 5) is 36.2. The molecule has 5 nitrogen and oxygen atoms in total. The number of amides is 2. The fourth-order valence-electron chi connectivity index (χ4n) is 5.26. The van der Waals surface area contributed by atoms with Gasteiger partial charge in [0.15, 0.2) is 6.10 Å². The van der Waals surface area contributed by atoms with Crippen molar-refractivity contribution in [2.45, 2.75) is 17.6 Å². The molecule has 0 bridgehead atoms. The van der Waals surface area contributed by atoms with Crippen molar-refractivity contribution in [1.82, 2.24) is 0 Å². The van der Waals surface area contributed by atoms with Crippen molar-refractivity contribution in [3.8, 4) is 0 Å². The average Bonchev–Trinajstić information content (AvgIpc) is 3.38. The number of anilines is 2. The highest BCUT2D eigenvalue weighted by molar-refractivity contribution is 6.31. The van der Waals surface area contributed by atoms with Crippen molar-refractivity contribution in [3.63, 3.8) is 0 Å². The highest BCUT2D eigenvalue weighted by atomic mass is 35.5. The van der Waals surface area contributed by atoms with Crippen molar-refractivity contribution in [2.24, 2.45) is 0 Å². The number of fused-ring (bicyclic) bond motifs is 1. The van der Waals surface area contributed by atoms with Crippen LogP contribution in [0.15, 0.2) is 115 Å². The molecule has 4 aromatic rings. The Morgan fingerprint density at radius 2 is 1.26 bits per heavy atom. The molecule has 35 heavy (non-hydrogen) atoms. The standard InChI is InChI=1S/C29H21ClN2O3/c30-22-16-18-23(19-17-22)31-27(33)26-29(28(31)34,21-12-6-2-7-13-21)25(20-10-4-1-5-11-20)32(35-26)24-14-8-3-9-15-24/h1-19,25-26H/t25-,26-,29+/m0/s1. The molecule has 6 rings (SSSR count). The van der Waals surface area contributed by atoms with Crippen LogP contribution in [0.1, 0.15) is 17.2 Å². The number of hydrogen-bond donors (Lipinski definition) is 0. The van der Waals surface area contributed by atoms with Crippen LogP contribution >= 0.6 is 11.6 Å². The van der Waals surface area contributed by atoms with E-state index in [9.17, 15) is 9.59 Å². The van der Waals surface area contributed by atoms with Crippen molar-refractivity contribution in [2.75, 3.05) is 9.96 Å². The van der Waals surface area contributed by atoms with E-state index in [-0.39, 0.29) is 5.91 Å². The van der Waals surface area contributed by atoms with Gasteiger partial charge in [0, 0.05) is 5.02 Å². The molecule has 4 aromatic carbocycles. The Labute approximate surface area is 208 Å². The predicted molar refractivity (Wildman–Crippen MR) is 135 cm³/mol. The summed E-state index contributed by atoms with van der Waals surface area (Å²) in [6, 6.07) is 34.9. The Morgan fingerprint density at radius 3 is 1.89 bits per heavy atom. The second-order valence-corrected chi connectivity index (χ2v) is 9.09. The molecule has 172 valence electrons. The number of hydrogen-bond acceptors (Lipinski definition) is 4. The Kier molecular flexibility index (Phi) is 5.17. The van der Waals surface area contributed by atoms with E-state index in [1.54, 1.807) is 29.3 Å². The maximum atomic E-state index is 14.5. The van der Waals surface area contributed by atoms with Crippen molar-refractivity contribution in [1.29, 1.82) is 0 Å². The molecule has 2 fully saturated rings. The predicted octanol–water partition coefficient (Wildman–Crippen LogP) is 5.71. The van der Waals surface area contributed by atoms with Crippen LogP contribution in [0.25, 0.3) is 0 Å². The van der Waals surface area contributed by atoms with E-state index in [0.717, 1.165) is 16.8 Å². The molecule has 0 unspecified atom stereocenters. The maximum absolute atomic E-state index is 14.5. The van der Waals surface area contributed by atoms with Crippen molar-refractivity contribution in [3.05, 3.63) is 131 Å². The quantitative estimate of drug-likeness (QED) is 0.351. The number of nitrogens with zero attached hydrogens (tertiary/aromatic N) is 2. The van der Waals surface area contributed by atoms with Gasteiger partial charge in [-0.15, -0.1) is 0 Å².